The molecule has 0 aliphatic heterocycles. The molecule has 1 atom stereocenters. The van der Waals surface area contributed by atoms with Crippen LogP contribution in [-0.2, 0) is 9.22 Å². The lowest BCUT2D eigenvalue weighted by Gasteiger charge is -2.48. The first-order chi connectivity index (χ1) is 10.0. The molecule has 1 aliphatic rings. The maximum atomic E-state index is 12.2. The van der Waals surface area contributed by atoms with Gasteiger partial charge in [-0.1, -0.05) is 67.5 Å². The fourth-order valence-electron chi connectivity index (χ4n) is 4.16. The van der Waals surface area contributed by atoms with Crippen molar-refractivity contribution >= 4 is 14.1 Å². The molecule has 0 saturated carbocycles. The summed E-state index contributed by atoms with van der Waals surface area (Å²) in [6.07, 6.45) is 6.36. The highest BCUT2D eigenvalue weighted by atomic mass is 28.4. The van der Waals surface area contributed by atoms with E-state index >= 15 is 0 Å². The highest BCUT2D eigenvalue weighted by Crippen LogP contribution is 2.46. The van der Waals surface area contributed by atoms with Crippen LogP contribution in [0.4, 0.5) is 0 Å². The van der Waals surface area contributed by atoms with Crippen molar-refractivity contribution in [3.8, 4) is 0 Å². The first-order valence-corrected chi connectivity index (χ1v) is 11.0. The van der Waals surface area contributed by atoms with E-state index in [4.69, 9.17) is 4.43 Å². The number of ketones is 1. The maximum Gasteiger partial charge on any atom is 0.200 e. The fourth-order valence-corrected chi connectivity index (χ4v) is 9.87. The van der Waals surface area contributed by atoms with Gasteiger partial charge in [-0.3, -0.25) is 4.79 Å². The summed E-state index contributed by atoms with van der Waals surface area (Å²) in [4.78, 5) is 12.2. The highest BCUT2D eigenvalue weighted by molar-refractivity contribution is 6.77. The summed E-state index contributed by atoms with van der Waals surface area (Å²) < 4.78 is 6.97. The van der Waals surface area contributed by atoms with Crippen LogP contribution in [0.15, 0.2) is 12.2 Å². The van der Waals surface area contributed by atoms with Crippen molar-refractivity contribution in [1.29, 1.82) is 0 Å². The van der Waals surface area contributed by atoms with Crippen molar-refractivity contribution in [2.45, 2.75) is 97.4 Å². The van der Waals surface area contributed by atoms with Gasteiger partial charge in [0.2, 0.25) is 8.32 Å². The van der Waals surface area contributed by atoms with E-state index in [0.29, 0.717) is 35.2 Å². The average Bonchev–Trinajstić information content (AvgIpc) is 2.36. The van der Waals surface area contributed by atoms with Gasteiger partial charge >= 0.3 is 0 Å². The van der Waals surface area contributed by atoms with Crippen molar-refractivity contribution in [1.82, 2.24) is 0 Å². The van der Waals surface area contributed by atoms with Gasteiger partial charge in [-0.15, -0.1) is 0 Å². The van der Waals surface area contributed by atoms with Gasteiger partial charge < -0.3 is 4.43 Å². The number of rotatable bonds is 5. The predicted octanol–water partition coefficient (Wildman–Crippen LogP) is 5.88. The topological polar surface area (TPSA) is 26.3 Å². The molecular weight excluding hydrogens is 288 g/mol. The molecule has 1 aliphatic carbocycles. The minimum atomic E-state index is -1.95. The third kappa shape index (κ3) is 4.11. The second-order valence-electron chi connectivity index (χ2n) is 8.54. The predicted molar refractivity (Wildman–Crippen MR) is 97.7 cm³/mol. The SMILES string of the molecule is CC(C)[Si](OC1CC(=O)C/C=C\CC1(C)C)(C(C)C)C(C)C. The van der Waals surface area contributed by atoms with Gasteiger partial charge in [0.15, 0.2) is 0 Å². The van der Waals surface area contributed by atoms with Gasteiger partial charge in [0, 0.05) is 12.8 Å². The summed E-state index contributed by atoms with van der Waals surface area (Å²) in [7, 11) is -1.95. The zero-order valence-corrected chi connectivity index (χ0v) is 16.9. The van der Waals surface area contributed by atoms with Crippen LogP contribution in [-0.4, -0.2) is 20.2 Å². The molecule has 0 radical (unpaired) electrons. The molecule has 0 bridgehead atoms. The summed E-state index contributed by atoms with van der Waals surface area (Å²) in [6, 6.07) is 0. The standard InChI is InChI=1S/C19H36O2Si/c1-14(2)22(15(3)4,16(5)6)21-18-13-17(20)11-9-10-12-19(18,7)8/h9-10,14-16,18H,11-13H2,1-8H3/b10-9-. The number of hydrogen-bond donors (Lipinski definition) is 0. The van der Waals surface area contributed by atoms with Crippen LogP contribution in [0.2, 0.25) is 16.6 Å². The van der Waals surface area contributed by atoms with Crippen LogP contribution >= 0.6 is 0 Å². The van der Waals surface area contributed by atoms with E-state index in [1.807, 2.05) is 6.08 Å². The van der Waals surface area contributed by atoms with Gasteiger partial charge in [0.1, 0.15) is 5.78 Å². The number of allylic oxidation sites excluding steroid dienone is 2. The molecule has 0 spiro atoms. The Kier molecular flexibility index (Phi) is 6.64. The molecule has 0 aromatic heterocycles. The molecule has 0 heterocycles. The Morgan fingerprint density at radius 2 is 1.55 bits per heavy atom. The third-order valence-corrected chi connectivity index (χ3v) is 11.6. The molecule has 22 heavy (non-hydrogen) atoms. The summed E-state index contributed by atoms with van der Waals surface area (Å²) in [5.74, 6) is 0.313. The molecule has 0 aromatic rings. The Bertz CT molecular complexity index is 386. The Morgan fingerprint density at radius 3 is 2.00 bits per heavy atom. The zero-order valence-electron chi connectivity index (χ0n) is 15.9. The van der Waals surface area contributed by atoms with E-state index < -0.39 is 8.32 Å². The molecule has 2 nitrogen and oxygen atoms in total. The minimum Gasteiger partial charge on any atom is -0.412 e. The van der Waals surface area contributed by atoms with Crippen LogP contribution in [0.5, 0.6) is 0 Å². The number of hydrogen-bond acceptors (Lipinski definition) is 2. The lowest BCUT2D eigenvalue weighted by atomic mass is 9.79. The van der Waals surface area contributed by atoms with E-state index in [2.05, 4.69) is 61.5 Å². The molecular formula is C19H36O2Si. The molecule has 128 valence electrons. The quantitative estimate of drug-likeness (QED) is 0.466. The molecule has 0 saturated heterocycles. The van der Waals surface area contributed by atoms with Crippen LogP contribution < -0.4 is 0 Å². The monoisotopic (exact) mass is 324 g/mol. The largest absolute Gasteiger partial charge is 0.412 e. The van der Waals surface area contributed by atoms with Gasteiger partial charge in [-0.25, -0.2) is 0 Å². The molecule has 1 unspecified atom stereocenters. The van der Waals surface area contributed by atoms with Crippen LogP contribution in [0.1, 0.15) is 74.7 Å². The second kappa shape index (κ2) is 7.44. The first kappa shape index (κ1) is 19.6. The summed E-state index contributed by atoms with van der Waals surface area (Å²) in [5, 5.41) is 0. The minimum absolute atomic E-state index is 0.0174. The molecule has 3 heteroatoms. The van der Waals surface area contributed by atoms with Crippen molar-refractivity contribution in [3.63, 3.8) is 0 Å². The lowest BCUT2D eigenvalue weighted by Crippen LogP contribution is -2.53. The molecule has 0 N–H and O–H groups in total. The number of carbonyl (C=O) groups excluding carboxylic acids is 1. The third-order valence-electron chi connectivity index (χ3n) is 5.49. The van der Waals surface area contributed by atoms with E-state index in [0.717, 1.165) is 6.42 Å². The van der Waals surface area contributed by atoms with Gasteiger partial charge in [-0.05, 0) is 28.5 Å². The number of carbonyl (C=O) groups is 1. The van der Waals surface area contributed by atoms with Gasteiger partial charge in [0.25, 0.3) is 0 Å². The normalized spacial score (nSPS) is 24.7. The van der Waals surface area contributed by atoms with E-state index in [-0.39, 0.29) is 11.5 Å². The lowest BCUT2D eigenvalue weighted by molar-refractivity contribution is -0.121. The van der Waals surface area contributed by atoms with E-state index in [9.17, 15) is 4.79 Å². The van der Waals surface area contributed by atoms with Crippen LogP contribution in [0, 0.1) is 5.41 Å². The molecule has 0 amide bonds. The molecule has 0 aromatic carbocycles. The van der Waals surface area contributed by atoms with E-state index in [1.165, 1.54) is 0 Å². The Balaban J connectivity index is 3.18. The van der Waals surface area contributed by atoms with Crippen molar-refractivity contribution in [2.75, 3.05) is 0 Å². The maximum absolute atomic E-state index is 12.2. The Morgan fingerprint density at radius 1 is 1.05 bits per heavy atom. The van der Waals surface area contributed by atoms with Crippen LogP contribution in [0.25, 0.3) is 0 Å². The molecule has 0 fully saturated rings. The molecule has 1 rings (SSSR count). The van der Waals surface area contributed by atoms with Gasteiger partial charge in [-0.2, -0.15) is 0 Å². The Hall–Kier alpha value is -0.413. The smallest absolute Gasteiger partial charge is 0.200 e. The summed E-state index contributed by atoms with van der Waals surface area (Å²) in [5.41, 5.74) is 1.68. The fraction of sp³-hybridized carbons (Fsp3) is 0.842. The van der Waals surface area contributed by atoms with Crippen LogP contribution in [0.3, 0.4) is 0 Å². The van der Waals surface area contributed by atoms with Crippen molar-refractivity contribution in [2.24, 2.45) is 5.41 Å². The summed E-state index contributed by atoms with van der Waals surface area (Å²) >= 11 is 0. The zero-order chi connectivity index (χ0) is 17.1. The van der Waals surface area contributed by atoms with E-state index in [1.54, 1.807) is 0 Å². The first-order valence-electron chi connectivity index (χ1n) is 8.88. The van der Waals surface area contributed by atoms with Crippen molar-refractivity contribution in [3.05, 3.63) is 12.2 Å². The number of Topliss-reactive ketones (excluding diaryl/α,β-unsaturated/α-hetero) is 1. The summed E-state index contributed by atoms with van der Waals surface area (Å²) in [6.45, 7) is 18.4. The van der Waals surface area contributed by atoms with Gasteiger partial charge in [0.05, 0.1) is 6.10 Å². The highest BCUT2D eigenvalue weighted by Gasteiger charge is 2.49. The van der Waals surface area contributed by atoms with Crippen molar-refractivity contribution < 1.29 is 9.22 Å². The second-order valence-corrected chi connectivity index (χ2v) is 13.9. The Labute approximate surface area is 138 Å². The average molecular weight is 325 g/mol.